The number of rotatable bonds is 9. The van der Waals surface area contributed by atoms with E-state index in [9.17, 15) is 19.5 Å². The third kappa shape index (κ3) is 6.09. The van der Waals surface area contributed by atoms with Crippen LogP contribution in [0.15, 0.2) is 91.0 Å². The molecule has 0 aliphatic carbocycles. The Bertz CT molecular complexity index is 1760. The molecule has 1 amide bonds. The molecule has 2 heterocycles. The predicted molar refractivity (Wildman–Crippen MR) is 166 cm³/mol. The first-order valence-corrected chi connectivity index (χ1v) is 14.5. The summed E-state index contributed by atoms with van der Waals surface area (Å²) in [5, 5.41) is 11.9. The van der Waals surface area contributed by atoms with E-state index >= 15 is 0 Å². The Morgan fingerprint density at radius 2 is 1.84 bits per heavy atom. The number of aliphatic hydroxyl groups is 1. The smallest absolute Gasteiger partial charge is 0.350 e. The maximum Gasteiger partial charge on any atom is 0.350 e. The van der Waals surface area contributed by atoms with E-state index in [1.807, 2.05) is 31.2 Å². The number of Topliss-reactive ketones (excluding diaryl/α,β-unsaturated/α-hetero) is 1. The minimum Gasteiger partial charge on any atom is -0.507 e. The van der Waals surface area contributed by atoms with Gasteiger partial charge in [-0.05, 0) is 66.9 Å². The summed E-state index contributed by atoms with van der Waals surface area (Å²) in [5.41, 5.74) is 3.16. The fourth-order valence-corrected chi connectivity index (χ4v) is 5.88. The summed E-state index contributed by atoms with van der Waals surface area (Å²) in [6, 6.07) is 20.1. The molecule has 8 nitrogen and oxygen atoms in total. The van der Waals surface area contributed by atoms with Crippen molar-refractivity contribution in [3.63, 3.8) is 0 Å². The van der Waals surface area contributed by atoms with Crippen molar-refractivity contribution in [2.45, 2.75) is 26.5 Å². The van der Waals surface area contributed by atoms with E-state index < -0.39 is 23.7 Å². The highest BCUT2D eigenvalue weighted by Gasteiger charge is 2.48. The van der Waals surface area contributed by atoms with Crippen LogP contribution in [0.4, 0.5) is 5.13 Å². The molecule has 1 N–H and O–H groups in total. The monoisotopic (exact) mass is 614 g/mol. The van der Waals surface area contributed by atoms with Gasteiger partial charge >= 0.3 is 11.9 Å². The number of ether oxygens (including phenoxy) is 2. The molecule has 4 aromatic rings. The summed E-state index contributed by atoms with van der Waals surface area (Å²) in [4.78, 5) is 45.4. The van der Waals surface area contributed by atoms with Gasteiger partial charge in [-0.2, -0.15) is 0 Å². The van der Waals surface area contributed by atoms with E-state index in [1.54, 1.807) is 55.5 Å². The van der Waals surface area contributed by atoms with Gasteiger partial charge in [-0.1, -0.05) is 72.0 Å². The number of aryl methyl sites for hydroxylation is 2. The minimum absolute atomic E-state index is 0.00820. The van der Waals surface area contributed by atoms with Gasteiger partial charge in [0, 0.05) is 10.6 Å². The van der Waals surface area contributed by atoms with Crippen LogP contribution >= 0.6 is 22.9 Å². The Labute approximate surface area is 257 Å². The number of carbonyl (C=O) groups is 3. The zero-order valence-electron chi connectivity index (χ0n) is 23.4. The second-order valence-electron chi connectivity index (χ2n) is 9.76. The molecule has 1 unspecified atom stereocenters. The Hall–Kier alpha value is -4.73. The second kappa shape index (κ2) is 12.6. The van der Waals surface area contributed by atoms with Crippen LogP contribution in [0, 0.1) is 13.8 Å². The van der Waals surface area contributed by atoms with E-state index in [1.165, 1.54) is 11.0 Å². The SMILES string of the molecule is C=CCOC(=O)c1sc(N2C(=O)C(=O)/C(=C(/O)c3ccc(OCc4ccccc4C)cc3)C2c2cccc(Cl)c2)nc1C. The molecule has 0 spiro atoms. The zero-order valence-corrected chi connectivity index (χ0v) is 24.9. The van der Waals surface area contributed by atoms with Crippen LogP contribution in [0.25, 0.3) is 5.76 Å². The van der Waals surface area contributed by atoms with Gasteiger partial charge in [0.25, 0.3) is 5.78 Å². The van der Waals surface area contributed by atoms with Gasteiger partial charge in [-0.3, -0.25) is 14.5 Å². The number of halogens is 1. The van der Waals surface area contributed by atoms with Crippen molar-refractivity contribution >= 4 is 51.5 Å². The lowest BCUT2D eigenvalue weighted by atomic mass is 9.95. The summed E-state index contributed by atoms with van der Waals surface area (Å²) in [5.74, 6) is -2.21. The fraction of sp³-hybridized carbons (Fsp3) is 0.152. The summed E-state index contributed by atoms with van der Waals surface area (Å²) in [7, 11) is 0. The number of anilines is 1. The molecule has 1 aliphatic rings. The molecule has 1 aliphatic heterocycles. The number of hydrogen-bond acceptors (Lipinski definition) is 8. The Kier molecular flexibility index (Phi) is 8.75. The highest BCUT2D eigenvalue weighted by Crippen LogP contribution is 2.44. The molecule has 1 atom stereocenters. The number of ketones is 1. The molecule has 10 heteroatoms. The van der Waals surface area contributed by atoms with Gasteiger partial charge in [0.2, 0.25) is 0 Å². The van der Waals surface area contributed by atoms with Crippen molar-refractivity contribution in [3.05, 3.63) is 129 Å². The number of aliphatic hydroxyl groups excluding tert-OH is 1. The molecule has 0 saturated carbocycles. The van der Waals surface area contributed by atoms with Gasteiger partial charge in [0.1, 0.15) is 29.6 Å². The van der Waals surface area contributed by atoms with Crippen molar-refractivity contribution in [2.75, 3.05) is 11.5 Å². The topological polar surface area (TPSA) is 106 Å². The molecule has 1 saturated heterocycles. The van der Waals surface area contributed by atoms with Crippen molar-refractivity contribution in [3.8, 4) is 5.75 Å². The number of esters is 1. The van der Waals surface area contributed by atoms with Gasteiger partial charge < -0.3 is 14.6 Å². The first-order chi connectivity index (χ1) is 20.7. The number of thiazole rings is 1. The summed E-state index contributed by atoms with van der Waals surface area (Å²) >= 11 is 7.21. The van der Waals surface area contributed by atoms with Gasteiger partial charge in [-0.25, -0.2) is 9.78 Å². The number of benzene rings is 3. The van der Waals surface area contributed by atoms with E-state index in [2.05, 4.69) is 11.6 Å². The Morgan fingerprint density at radius 3 is 2.53 bits per heavy atom. The van der Waals surface area contributed by atoms with Crippen LogP contribution in [0.3, 0.4) is 0 Å². The predicted octanol–water partition coefficient (Wildman–Crippen LogP) is 6.96. The van der Waals surface area contributed by atoms with Crippen LogP contribution in [0.5, 0.6) is 5.75 Å². The molecule has 3 aromatic carbocycles. The average Bonchev–Trinajstić information content (AvgIpc) is 3.51. The maximum absolute atomic E-state index is 13.5. The maximum atomic E-state index is 13.5. The van der Waals surface area contributed by atoms with Crippen molar-refractivity contribution in [2.24, 2.45) is 0 Å². The largest absolute Gasteiger partial charge is 0.507 e. The number of amides is 1. The lowest BCUT2D eigenvalue weighted by Gasteiger charge is -2.23. The third-order valence-electron chi connectivity index (χ3n) is 6.90. The molecular formula is C33H27ClN2O6S. The first-order valence-electron chi connectivity index (χ1n) is 13.3. The molecule has 1 fully saturated rings. The molecule has 0 bridgehead atoms. The van der Waals surface area contributed by atoms with E-state index in [0.29, 0.717) is 34.2 Å². The quantitative estimate of drug-likeness (QED) is 0.0714. The van der Waals surface area contributed by atoms with E-state index in [0.717, 1.165) is 22.5 Å². The lowest BCUT2D eigenvalue weighted by Crippen LogP contribution is -2.29. The number of carbonyl (C=O) groups excluding carboxylic acids is 3. The Balaban J connectivity index is 1.52. The highest BCUT2D eigenvalue weighted by molar-refractivity contribution is 7.17. The molecule has 43 heavy (non-hydrogen) atoms. The van der Waals surface area contributed by atoms with Crippen molar-refractivity contribution in [1.29, 1.82) is 0 Å². The van der Waals surface area contributed by atoms with Crippen LogP contribution in [0.2, 0.25) is 5.02 Å². The average molecular weight is 615 g/mol. The van der Waals surface area contributed by atoms with Crippen LogP contribution in [-0.2, 0) is 20.9 Å². The normalized spacial score (nSPS) is 15.9. The molecule has 5 rings (SSSR count). The molecule has 0 radical (unpaired) electrons. The summed E-state index contributed by atoms with van der Waals surface area (Å²) in [6.45, 7) is 7.53. The second-order valence-corrected chi connectivity index (χ2v) is 11.2. The number of aromatic nitrogens is 1. The minimum atomic E-state index is -1.06. The summed E-state index contributed by atoms with van der Waals surface area (Å²) in [6.07, 6.45) is 1.44. The Morgan fingerprint density at radius 1 is 1.09 bits per heavy atom. The van der Waals surface area contributed by atoms with Crippen LogP contribution in [-0.4, -0.2) is 34.4 Å². The zero-order chi connectivity index (χ0) is 30.7. The van der Waals surface area contributed by atoms with Crippen LogP contribution in [0.1, 0.15) is 43.7 Å². The van der Waals surface area contributed by atoms with E-state index in [-0.39, 0.29) is 27.9 Å². The summed E-state index contributed by atoms with van der Waals surface area (Å²) < 4.78 is 11.1. The number of hydrogen-bond donors (Lipinski definition) is 1. The standard InChI is InChI=1S/C33H27ClN2O6S/c1-4-16-41-32(40)30-20(3)35-33(43-30)36-27(22-10-7-11-24(34)17-22)26(29(38)31(36)39)28(37)21-12-14-25(15-13-21)42-18-23-9-6-5-8-19(23)2/h4-15,17,27,37H,1,16,18H2,2-3H3/b28-26+. The lowest BCUT2D eigenvalue weighted by molar-refractivity contribution is -0.132. The van der Waals surface area contributed by atoms with Crippen molar-refractivity contribution in [1.82, 2.24) is 4.98 Å². The number of nitrogens with zero attached hydrogens (tertiary/aromatic N) is 2. The molecular weight excluding hydrogens is 588 g/mol. The highest BCUT2D eigenvalue weighted by atomic mass is 35.5. The van der Waals surface area contributed by atoms with Crippen LogP contribution < -0.4 is 9.64 Å². The first kappa shape index (κ1) is 29.8. The van der Waals surface area contributed by atoms with Gasteiger partial charge in [-0.15, -0.1) is 0 Å². The fourth-order valence-electron chi connectivity index (χ4n) is 4.69. The third-order valence-corrected chi connectivity index (χ3v) is 8.27. The van der Waals surface area contributed by atoms with Gasteiger partial charge in [0.15, 0.2) is 5.13 Å². The van der Waals surface area contributed by atoms with E-state index in [4.69, 9.17) is 21.1 Å². The van der Waals surface area contributed by atoms with Gasteiger partial charge in [0.05, 0.1) is 17.3 Å². The van der Waals surface area contributed by atoms with Crippen molar-refractivity contribution < 1.29 is 29.0 Å². The molecule has 218 valence electrons. The molecule has 1 aromatic heterocycles.